The lowest BCUT2D eigenvalue weighted by atomic mass is 9.94. The number of benzene rings is 2. The summed E-state index contributed by atoms with van der Waals surface area (Å²) in [5, 5.41) is 15.4. The number of pyridine rings is 1. The van der Waals surface area contributed by atoms with E-state index in [2.05, 4.69) is 31.0 Å². The predicted molar refractivity (Wildman–Crippen MR) is 171 cm³/mol. The van der Waals surface area contributed by atoms with Crippen molar-refractivity contribution in [2.75, 3.05) is 44.9 Å². The molecule has 0 aliphatic carbocycles. The molecule has 2 aromatic heterocycles. The van der Waals surface area contributed by atoms with E-state index in [0.717, 1.165) is 45.2 Å². The van der Waals surface area contributed by atoms with Gasteiger partial charge in [0.25, 0.3) is 0 Å². The lowest BCUT2D eigenvalue weighted by Gasteiger charge is -2.40. The molecule has 10 nitrogen and oxygen atoms in total. The van der Waals surface area contributed by atoms with Gasteiger partial charge in [0.05, 0.1) is 23.2 Å². The van der Waals surface area contributed by atoms with Gasteiger partial charge >= 0.3 is 6.01 Å². The molecule has 4 aromatic rings. The highest BCUT2D eigenvalue weighted by Crippen LogP contribution is 2.45. The zero-order valence-electron chi connectivity index (χ0n) is 25.9. The Morgan fingerprint density at radius 1 is 1.17 bits per heavy atom. The molecule has 4 fully saturated rings. The second-order valence-corrected chi connectivity index (χ2v) is 13.5. The van der Waals surface area contributed by atoms with Gasteiger partial charge < -0.3 is 29.5 Å². The van der Waals surface area contributed by atoms with Crippen LogP contribution in [0.25, 0.3) is 32.9 Å². The summed E-state index contributed by atoms with van der Waals surface area (Å²) in [6, 6.07) is 5.98. The van der Waals surface area contributed by atoms with E-state index < -0.39 is 11.6 Å². The number of anilines is 1. The van der Waals surface area contributed by atoms with E-state index in [1.807, 2.05) is 0 Å². The fourth-order valence-corrected chi connectivity index (χ4v) is 8.74. The van der Waals surface area contributed by atoms with Crippen LogP contribution in [0, 0.1) is 24.0 Å². The van der Waals surface area contributed by atoms with Gasteiger partial charge in [-0.05, 0) is 62.2 Å². The number of terminal acetylenes is 1. The molecular formula is C35H34F2N6O4. The predicted octanol–water partition coefficient (Wildman–Crippen LogP) is 4.14. The minimum Gasteiger partial charge on any atom is -0.508 e. The van der Waals surface area contributed by atoms with Crippen molar-refractivity contribution in [3.63, 3.8) is 0 Å². The third-order valence-corrected chi connectivity index (χ3v) is 11.0. The Morgan fingerprint density at radius 3 is 2.91 bits per heavy atom. The maximum absolute atomic E-state index is 17.1. The first kappa shape index (κ1) is 28.9. The third-order valence-electron chi connectivity index (χ3n) is 11.0. The van der Waals surface area contributed by atoms with Crippen molar-refractivity contribution in [3.8, 4) is 41.2 Å². The molecular weight excluding hydrogens is 606 g/mol. The summed E-state index contributed by atoms with van der Waals surface area (Å²) in [4.78, 5) is 18.9. The molecule has 2 bridgehead atoms. The SMILES string of the molecule is C#Cc1c(F)ccc2cc(O)cc(-c3nc4c5c(nc(OCC67CCCN6CC(OC)C7)nc5c3F)N3CC5CCC(N5)C3CO4)c12. The van der Waals surface area contributed by atoms with Crippen molar-refractivity contribution in [3.05, 3.63) is 41.5 Å². The summed E-state index contributed by atoms with van der Waals surface area (Å²) < 4.78 is 50.6. The molecule has 0 spiro atoms. The van der Waals surface area contributed by atoms with Gasteiger partial charge in [-0.3, -0.25) is 4.90 Å². The Hall–Kier alpha value is -4.31. The molecule has 0 radical (unpaired) electrons. The Balaban J connectivity index is 1.23. The lowest BCUT2D eigenvalue weighted by molar-refractivity contribution is 0.0997. The van der Waals surface area contributed by atoms with E-state index >= 15 is 4.39 Å². The minimum absolute atomic E-state index is 0.0198. The molecule has 5 aliphatic heterocycles. The van der Waals surface area contributed by atoms with Crippen LogP contribution in [0.4, 0.5) is 14.6 Å². The molecule has 242 valence electrons. The Morgan fingerprint density at radius 2 is 2.06 bits per heavy atom. The van der Waals surface area contributed by atoms with E-state index in [1.54, 1.807) is 7.11 Å². The van der Waals surface area contributed by atoms with Crippen LogP contribution >= 0.6 is 0 Å². The summed E-state index contributed by atoms with van der Waals surface area (Å²) >= 11 is 0. The fourth-order valence-electron chi connectivity index (χ4n) is 8.74. The van der Waals surface area contributed by atoms with E-state index in [1.165, 1.54) is 24.3 Å². The van der Waals surface area contributed by atoms with E-state index in [4.69, 9.17) is 25.6 Å². The first-order chi connectivity index (χ1) is 22.9. The molecule has 0 amide bonds. The zero-order chi connectivity index (χ0) is 32.0. The first-order valence-corrected chi connectivity index (χ1v) is 16.3. The highest BCUT2D eigenvalue weighted by Gasteiger charge is 2.50. The van der Waals surface area contributed by atoms with Gasteiger partial charge in [0.2, 0.25) is 5.88 Å². The summed E-state index contributed by atoms with van der Waals surface area (Å²) in [7, 11) is 1.74. The number of nitrogens with one attached hydrogen (secondary N) is 1. The van der Waals surface area contributed by atoms with E-state index in [-0.39, 0.29) is 75.1 Å². The number of fused-ring (bicyclic) bond motifs is 7. The molecule has 2 aromatic carbocycles. The lowest BCUT2D eigenvalue weighted by Crippen LogP contribution is -2.60. The standard InChI is InChI=1S/C35H34F2N6O4/c1-3-22-24(36)7-5-18-11-20(44)12-23(27(18)22)30-29(37)31-28-32(43-14-19-6-8-25(38-19)26(43)16-46-33(28)39-30)41-34(40-31)47-17-35-9-4-10-42(35)15-21(13-35)45-2/h1,5,7,11-12,19,21,25-26,38,44H,4,6,8-10,13-17H2,2H3. The molecule has 9 rings (SSSR count). The molecule has 7 heterocycles. The van der Waals surface area contributed by atoms with Crippen LogP contribution in [-0.2, 0) is 4.74 Å². The normalized spacial score (nSPS) is 27.8. The third kappa shape index (κ3) is 4.36. The van der Waals surface area contributed by atoms with Crippen LogP contribution in [0.3, 0.4) is 0 Å². The number of ether oxygens (including phenoxy) is 3. The second kappa shape index (κ2) is 10.6. The van der Waals surface area contributed by atoms with Gasteiger partial charge in [-0.2, -0.15) is 9.97 Å². The molecule has 4 saturated heterocycles. The Bertz CT molecular complexity index is 2000. The number of phenols is 1. The van der Waals surface area contributed by atoms with Crippen molar-refractivity contribution >= 4 is 27.5 Å². The number of halogens is 2. The number of piperazine rings is 1. The van der Waals surface area contributed by atoms with Gasteiger partial charge in [-0.25, -0.2) is 13.8 Å². The monoisotopic (exact) mass is 640 g/mol. The quantitative estimate of drug-likeness (QED) is 0.310. The van der Waals surface area contributed by atoms with E-state index in [0.29, 0.717) is 36.3 Å². The topological polar surface area (TPSA) is 105 Å². The number of aromatic nitrogens is 3. The molecule has 12 heteroatoms. The molecule has 0 saturated carbocycles. The number of rotatable bonds is 5. The number of hydrogen-bond donors (Lipinski definition) is 2. The highest BCUT2D eigenvalue weighted by atomic mass is 19.1. The van der Waals surface area contributed by atoms with Crippen LogP contribution in [0.5, 0.6) is 17.6 Å². The van der Waals surface area contributed by atoms with Gasteiger partial charge in [0, 0.05) is 43.2 Å². The number of aromatic hydroxyl groups is 1. The highest BCUT2D eigenvalue weighted by molar-refractivity contribution is 6.04. The van der Waals surface area contributed by atoms with Crippen LogP contribution < -0.4 is 19.7 Å². The maximum Gasteiger partial charge on any atom is 0.319 e. The summed E-state index contributed by atoms with van der Waals surface area (Å²) in [6.45, 7) is 3.14. The average molecular weight is 641 g/mol. The number of nitrogens with zero attached hydrogens (tertiary/aromatic N) is 5. The summed E-state index contributed by atoms with van der Waals surface area (Å²) in [5.74, 6) is 1.54. The van der Waals surface area contributed by atoms with Crippen molar-refractivity contribution in [1.29, 1.82) is 0 Å². The molecule has 5 unspecified atom stereocenters. The van der Waals surface area contributed by atoms with Gasteiger partial charge in [0.15, 0.2) is 5.82 Å². The maximum atomic E-state index is 17.1. The number of hydrogen-bond acceptors (Lipinski definition) is 10. The van der Waals surface area contributed by atoms with Crippen LogP contribution in [0.15, 0.2) is 24.3 Å². The Labute approximate surface area is 270 Å². The van der Waals surface area contributed by atoms with Crippen molar-refractivity contribution in [2.45, 2.75) is 61.9 Å². The van der Waals surface area contributed by atoms with Gasteiger partial charge in [0.1, 0.15) is 47.2 Å². The second-order valence-electron chi connectivity index (χ2n) is 13.5. The van der Waals surface area contributed by atoms with Crippen LogP contribution in [0.2, 0.25) is 0 Å². The van der Waals surface area contributed by atoms with Crippen LogP contribution in [-0.4, -0.2) is 94.7 Å². The fraction of sp³-hybridized carbons (Fsp3) is 0.457. The Kier molecular flexibility index (Phi) is 6.51. The largest absolute Gasteiger partial charge is 0.508 e. The minimum atomic E-state index is -0.766. The van der Waals surface area contributed by atoms with Crippen LogP contribution in [0.1, 0.15) is 37.7 Å². The summed E-state index contributed by atoms with van der Waals surface area (Å²) in [6.07, 6.45) is 10.8. The molecule has 2 N–H and O–H groups in total. The number of phenolic OH excluding ortho intramolecular Hbond substituents is 1. The van der Waals surface area contributed by atoms with E-state index in [9.17, 15) is 9.50 Å². The van der Waals surface area contributed by atoms with Gasteiger partial charge in [-0.15, -0.1) is 6.42 Å². The molecule has 47 heavy (non-hydrogen) atoms. The molecule has 5 aliphatic rings. The van der Waals surface area contributed by atoms with Gasteiger partial charge in [-0.1, -0.05) is 12.0 Å². The smallest absolute Gasteiger partial charge is 0.319 e. The van der Waals surface area contributed by atoms with Crippen molar-refractivity contribution < 1.29 is 28.1 Å². The number of methoxy groups -OCH3 is 1. The average Bonchev–Trinajstić information content (AvgIpc) is 3.72. The van der Waals surface area contributed by atoms with Crippen molar-refractivity contribution in [1.82, 2.24) is 25.2 Å². The first-order valence-electron chi connectivity index (χ1n) is 16.3. The molecule has 5 atom stereocenters. The van der Waals surface area contributed by atoms with Crippen molar-refractivity contribution in [2.24, 2.45) is 0 Å². The summed E-state index contributed by atoms with van der Waals surface area (Å²) in [5.41, 5.74) is -0.299. The zero-order valence-corrected chi connectivity index (χ0v) is 25.9.